The highest BCUT2D eigenvalue weighted by Gasteiger charge is 2.26. The van der Waals surface area contributed by atoms with Crippen LogP contribution < -0.4 is 15.9 Å². The number of rotatable bonds is 5. The first-order chi connectivity index (χ1) is 14.2. The summed E-state index contributed by atoms with van der Waals surface area (Å²) >= 11 is 6.43. The maximum absolute atomic E-state index is 10.1. The zero-order valence-corrected chi connectivity index (χ0v) is 17.4. The van der Waals surface area contributed by atoms with Gasteiger partial charge in [0.2, 0.25) is 0 Å². The topological polar surface area (TPSA) is 32.6 Å². The van der Waals surface area contributed by atoms with Crippen LogP contribution >= 0.6 is 6.04 Å². The van der Waals surface area contributed by atoms with E-state index >= 15 is 0 Å². The van der Waals surface area contributed by atoms with Crippen LogP contribution in [0.15, 0.2) is 114 Å². The molecule has 0 saturated heterocycles. The number of phenolic OH excluding ortho intramolecular Hbond substituents is 1. The van der Waals surface area contributed by atoms with Gasteiger partial charge in [-0.05, 0) is 28.8 Å². The van der Waals surface area contributed by atoms with Crippen molar-refractivity contribution in [3.8, 4) is 5.75 Å². The lowest BCUT2D eigenvalue weighted by Gasteiger charge is -2.25. The summed E-state index contributed by atoms with van der Waals surface area (Å²) in [6.45, 7) is 0. The van der Waals surface area contributed by atoms with Crippen molar-refractivity contribution in [2.45, 2.75) is 0 Å². The Kier molecular flexibility index (Phi) is 5.71. The summed E-state index contributed by atoms with van der Waals surface area (Å²) in [4.78, 5) is 4.73. The van der Waals surface area contributed by atoms with Crippen LogP contribution in [0.3, 0.4) is 0 Å². The third-order valence-corrected chi connectivity index (χ3v) is 9.70. The van der Waals surface area contributed by atoms with Crippen molar-refractivity contribution in [2.24, 2.45) is 4.99 Å². The van der Waals surface area contributed by atoms with Gasteiger partial charge in [-0.3, -0.25) is 4.99 Å². The molecule has 0 amide bonds. The molecule has 0 aliphatic carbocycles. The lowest BCUT2D eigenvalue weighted by molar-refractivity contribution is 0.474. The Hall–Kier alpha value is -3.00. The highest BCUT2D eigenvalue weighted by molar-refractivity contribution is 8.25. The molecule has 0 fully saturated rings. The molecule has 0 aliphatic rings. The fourth-order valence-electron chi connectivity index (χ4n) is 3.28. The van der Waals surface area contributed by atoms with Crippen molar-refractivity contribution >= 4 is 45.7 Å². The van der Waals surface area contributed by atoms with Crippen LogP contribution in [-0.4, -0.2) is 11.3 Å². The molecule has 4 aromatic rings. The summed E-state index contributed by atoms with van der Waals surface area (Å²) < 4.78 is 0. The minimum Gasteiger partial charge on any atom is -0.507 e. The second-order valence-corrected chi connectivity index (χ2v) is 11.0. The van der Waals surface area contributed by atoms with Crippen LogP contribution in [-0.2, 0) is 11.8 Å². The van der Waals surface area contributed by atoms with Gasteiger partial charge in [-0.2, -0.15) is 0 Å². The summed E-state index contributed by atoms with van der Waals surface area (Å²) in [6.07, 6.45) is 1.70. The Labute approximate surface area is 176 Å². The van der Waals surface area contributed by atoms with Gasteiger partial charge in [-0.15, -0.1) is 0 Å². The third-order valence-electron chi connectivity index (χ3n) is 4.74. The molecular weight excluding hydrogens is 393 g/mol. The van der Waals surface area contributed by atoms with Gasteiger partial charge in [0.05, 0.1) is 5.69 Å². The standard InChI is InChI=1S/C25H20NOPS/c27-24-17-9-7-11-20(24)19-26-23-16-8-10-18-25(23)28(29,21-12-3-1-4-13-21)22-14-5-2-6-15-22/h1-19,27H. The van der Waals surface area contributed by atoms with Gasteiger partial charge in [-0.1, -0.05) is 103 Å². The number of aliphatic imine (C=N–C) groups is 1. The van der Waals surface area contributed by atoms with Gasteiger partial charge in [0.25, 0.3) is 0 Å². The Bertz CT molecular complexity index is 1150. The molecule has 0 aliphatic heterocycles. The van der Waals surface area contributed by atoms with Crippen LogP contribution in [0.2, 0.25) is 0 Å². The third kappa shape index (κ3) is 3.93. The summed E-state index contributed by atoms with van der Waals surface area (Å²) in [6, 6.07) is 33.5. The molecule has 4 aromatic carbocycles. The largest absolute Gasteiger partial charge is 0.507 e. The molecule has 2 nitrogen and oxygen atoms in total. The minimum absolute atomic E-state index is 0.208. The zero-order chi connectivity index (χ0) is 20.1. The number of nitrogens with zero attached hydrogens (tertiary/aromatic N) is 1. The van der Waals surface area contributed by atoms with Crippen molar-refractivity contribution in [3.63, 3.8) is 0 Å². The van der Waals surface area contributed by atoms with E-state index in [9.17, 15) is 5.11 Å². The number of phenols is 1. The van der Waals surface area contributed by atoms with Gasteiger partial charge < -0.3 is 5.11 Å². The molecule has 29 heavy (non-hydrogen) atoms. The van der Waals surface area contributed by atoms with E-state index in [0.717, 1.165) is 21.6 Å². The smallest absolute Gasteiger partial charge is 0.124 e. The molecule has 0 bridgehead atoms. The quantitative estimate of drug-likeness (QED) is 0.373. The van der Waals surface area contributed by atoms with Crippen LogP contribution in [0.5, 0.6) is 5.75 Å². The van der Waals surface area contributed by atoms with Gasteiger partial charge in [0.1, 0.15) is 5.75 Å². The van der Waals surface area contributed by atoms with Crippen molar-refractivity contribution in [3.05, 3.63) is 115 Å². The zero-order valence-electron chi connectivity index (χ0n) is 15.7. The molecular formula is C25H20NOPS. The van der Waals surface area contributed by atoms with Crippen LogP contribution in [0.25, 0.3) is 0 Å². The first-order valence-corrected chi connectivity index (χ1v) is 12.1. The van der Waals surface area contributed by atoms with E-state index in [1.54, 1.807) is 18.3 Å². The highest BCUT2D eigenvalue weighted by Crippen LogP contribution is 2.45. The van der Waals surface area contributed by atoms with Gasteiger partial charge in [0, 0.05) is 23.1 Å². The van der Waals surface area contributed by atoms with E-state index in [1.807, 2.05) is 66.7 Å². The first kappa shape index (κ1) is 19.3. The van der Waals surface area contributed by atoms with Crippen molar-refractivity contribution in [1.29, 1.82) is 0 Å². The molecule has 4 rings (SSSR count). The van der Waals surface area contributed by atoms with Crippen LogP contribution in [0.1, 0.15) is 5.56 Å². The monoisotopic (exact) mass is 413 g/mol. The molecule has 142 valence electrons. The molecule has 0 spiro atoms. The average Bonchev–Trinajstić information content (AvgIpc) is 2.79. The lowest BCUT2D eigenvalue weighted by atomic mass is 10.2. The van der Waals surface area contributed by atoms with Gasteiger partial charge in [-0.25, -0.2) is 0 Å². The van der Waals surface area contributed by atoms with E-state index in [2.05, 4.69) is 30.3 Å². The van der Waals surface area contributed by atoms with Crippen molar-refractivity contribution in [2.75, 3.05) is 0 Å². The van der Waals surface area contributed by atoms with Gasteiger partial charge >= 0.3 is 0 Å². The van der Waals surface area contributed by atoms with E-state index < -0.39 is 6.04 Å². The van der Waals surface area contributed by atoms with Crippen molar-refractivity contribution in [1.82, 2.24) is 0 Å². The summed E-state index contributed by atoms with van der Waals surface area (Å²) in [5.41, 5.74) is 1.50. The second kappa shape index (κ2) is 8.57. The van der Waals surface area contributed by atoms with Crippen LogP contribution in [0.4, 0.5) is 5.69 Å². The molecule has 0 aromatic heterocycles. The summed E-state index contributed by atoms with van der Waals surface area (Å²) in [5, 5.41) is 13.4. The number of para-hydroxylation sites is 2. The molecule has 0 radical (unpaired) electrons. The Balaban J connectivity index is 1.90. The summed E-state index contributed by atoms with van der Waals surface area (Å²) in [5.74, 6) is 0.208. The number of aromatic hydroxyl groups is 1. The normalized spacial score (nSPS) is 11.6. The maximum atomic E-state index is 10.1. The highest BCUT2D eigenvalue weighted by atomic mass is 32.4. The molecule has 1 N–H and O–H groups in total. The number of hydrogen-bond donors (Lipinski definition) is 1. The maximum Gasteiger partial charge on any atom is 0.124 e. The molecule has 0 unspecified atom stereocenters. The fraction of sp³-hybridized carbons (Fsp3) is 0. The van der Waals surface area contributed by atoms with E-state index in [1.165, 1.54) is 0 Å². The van der Waals surface area contributed by atoms with E-state index in [-0.39, 0.29) is 5.75 Å². The predicted octanol–water partition coefficient (Wildman–Crippen LogP) is 4.90. The molecule has 0 saturated carbocycles. The minimum atomic E-state index is -2.29. The molecule has 4 heteroatoms. The lowest BCUT2D eigenvalue weighted by Crippen LogP contribution is -2.25. The Morgan fingerprint density at radius 2 is 1.17 bits per heavy atom. The number of hydrogen-bond acceptors (Lipinski definition) is 3. The van der Waals surface area contributed by atoms with Crippen LogP contribution in [0, 0.1) is 0 Å². The molecule has 0 heterocycles. The van der Waals surface area contributed by atoms with E-state index in [0.29, 0.717) is 5.56 Å². The molecule has 0 atom stereocenters. The summed E-state index contributed by atoms with van der Waals surface area (Å²) in [7, 11) is 0. The Morgan fingerprint density at radius 3 is 1.79 bits per heavy atom. The van der Waals surface area contributed by atoms with Gasteiger partial charge in [0.15, 0.2) is 0 Å². The Morgan fingerprint density at radius 1 is 0.655 bits per heavy atom. The number of benzene rings is 4. The fourth-order valence-corrected chi connectivity index (χ4v) is 7.26. The first-order valence-electron chi connectivity index (χ1n) is 9.32. The predicted molar refractivity (Wildman–Crippen MR) is 128 cm³/mol. The second-order valence-electron chi connectivity index (χ2n) is 6.59. The van der Waals surface area contributed by atoms with Crippen molar-refractivity contribution < 1.29 is 5.11 Å². The van der Waals surface area contributed by atoms with E-state index in [4.69, 9.17) is 16.8 Å². The average molecular weight is 413 g/mol. The SMILES string of the molecule is Oc1ccccc1C=Nc1ccccc1P(=S)(c1ccccc1)c1ccccc1.